The van der Waals surface area contributed by atoms with Crippen molar-refractivity contribution in [1.29, 1.82) is 0 Å². The number of fused-ring (bicyclic) bond motifs is 2. The van der Waals surface area contributed by atoms with Crippen LogP contribution < -0.4 is 15.5 Å². The summed E-state index contributed by atoms with van der Waals surface area (Å²) in [5, 5.41) is 18.8. The van der Waals surface area contributed by atoms with Crippen molar-refractivity contribution in [2.24, 2.45) is 16.7 Å². The van der Waals surface area contributed by atoms with Crippen LogP contribution in [0, 0.1) is 16.7 Å². The van der Waals surface area contributed by atoms with Crippen molar-refractivity contribution in [3.05, 3.63) is 65.9 Å². The molecule has 2 saturated carbocycles. The number of nitrogens with zero attached hydrogens (tertiary/aromatic N) is 1. The molecule has 2 aromatic carbocycles. The number of carbonyl (C=O) groups excluding carboxylic acids is 2. The van der Waals surface area contributed by atoms with Crippen LogP contribution >= 0.6 is 0 Å². The number of anilines is 1. The maximum atomic E-state index is 13.5. The zero-order valence-electron chi connectivity index (χ0n) is 25.2. The second kappa shape index (κ2) is 11.2. The lowest BCUT2D eigenvalue weighted by Crippen LogP contribution is -2.52. The molecule has 4 N–H and O–H groups in total. The fourth-order valence-electron chi connectivity index (χ4n) is 7.69. The van der Waals surface area contributed by atoms with Crippen molar-refractivity contribution in [2.75, 3.05) is 25.5 Å². The fourth-order valence-corrected chi connectivity index (χ4v) is 7.69. The van der Waals surface area contributed by atoms with Gasteiger partial charge in [0.2, 0.25) is 5.91 Å². The molecule has 2 amide bonds. The monoisotopic (exact) mass is 558 g/mol. The Morgan fingerprint density at radius 1 is 1.02 bits per heavy atom. The van der Waals surface area contributed by atoms with E-state index < -0.39 is 5.60 Å². The first-order chi connectivity index (χ1) is 19.4. The van der Waals surface area contributed by atoms with Gasteiger partial charge in [-0.15, -0.1) is 0 Å². The smallest absolute Gasteiger partial charge is 0.251 e. The van der Waals surface area contributed by atoms with Crippen LogP contribution in [0.25, 0.3) is 10.9 Å². The normalized spacial score (nSPS) is 26.9. The third-order valence-electron chi connectivity index (χ3n) is 9.99. The van der Waals surface area contributed by atoms with Crippen LogP contribution in [0.5, 0.6) is 0 Å². The van der Waals surface area contributed by atoms with Crippen LogP contribution in [0.15, 0.2) is 54.7 Å². The van der Waals surface area contributed by atoms with Gasteiger partial charge in [0.05, 0.1) is 5.60 Å². The zero-order chi connectivity index (χ0) is 29.4. The van der Waals surface area contributed by atoms with E-state index in [0.29, 0.717) is 37.8 Å². The zero-order valence-corrected chi connectivity index (χ0v) is 25.2. The van der Waals surface area contributed by atoms with E-state index in [-0.39, 0.29) is 34.6 Å². The van der Waals surface area contributed by atoms with Crippen LogP contribution in [0.2, 0.25) is 0 Å². The molecular formula is C34H46N4O3. The predicted octanol–water partition coefficient (Wildman–Crippen LogP) is 5.44. The highest BCUT2D eigenvalue weighted by atomic mass is 16.3. The molecule has 0 spiro atoms. The molecule has 7 nitrogen and oxygen atoms in total. The van der Waals surface area contributed by atoms with Gasteiger partial charge in [-0.1, -0.05) is 32.0 Å². The van der Waals surface area contributed by atoms with Gasteiger partial charge >= 0.3 is 0 Å². The summed E-state index contributed by atoms with van der Waals surface area (Å²) in [6, 6.07) is 15.8. The van der Waals surface area contributed by atoms with Crippen molar-refractivity contribution < 1.29 is 14.7 Å². The molecular weight excluding hydrogens is 512 g/mol. The van der Waals surface area contributed by atoms with Gasteiger partial charge in [-0.2, -0.15) is 0 Å². The van der Waals surface area contributed by atoms with E-state index in [2.05, 4.69) is 41.6 Å². The van der Waals surface area contributed by atoms with Gasteiger partial charge in [-0.25, -0.2) is 0 Å². The Labute approximate surface area is 244 Å². The number of hydrogen-bond donors (Lipinski definition) is 4. The molecule has 0 radical (unpaired) electrons. The van der Waals surface area contributed by atoms with Crippen LogP contribution in [0.1, 0.15) is 75.2 Å². The molecule has 41 heavy (non-hydrogen) atoms. The van der Waals surface area contributed by atoms with E-state index in [1.165, 1.54) is 10.9 Å². The number of rotatable bonds is 9. The Morgan fingerprint density at radius 2 is 1.76 bits per heavy atom. The van der Waals surface area contributed by atoms with Gasteiger partial charge in [-0.05, 0) is 98.1 Å². The Bertz CT molecular complexity index is 1390. The highest BCUT2D eigenvalue weighted by molar-refractivity contribution is 5.94. The van der Waals surface area contributed by atoms with Crippen LogP contribution in [0.3, 0.4) is 0 Å². The number of nitrogens with one attached hydrogen (secondary N) is 3. The summed E-state index contributed by atoms with van der Waals surface area (Å²) in [7, 11) is 3.96. The topological polar surface area (TPSA) is 97.5 Å². The van der Waals surface area contributed by atoms with Gasteiger partial charge in [0.15, 0.2) is 0 Å². The van der Waals surface area contributed by atoms with Gasteiger partial charge in [0, 0.05) is 61.5 Å². The van der Waals surface area contributed by atoms with Crippen molar-refractivity contribution in [3.63, 3.8) is 0 Å². The SMILES string of the molecule is CN(C)c1ccc(C(=O)NC2CC(C)(C)C3CC(C)(O)CCC23CCC(=O)NCCc2c[nH]c3ccccc23)cc1. The summed E-state index contributed by atoms with van der Waals surface area (Å²) >= 11 is 0. The highest BCUT2D eigenvalue weighted by Gasteiger charge is 2.61. The van der Waals surface area contributed by atoms with E-state index in [0.717, 1.165) is 30.5 Å². The summed E-state index contributed by atoms with van der Waals surface area (Å²) in [5.74, 6) is 0.181. The van der Waals surface area contributed by atoms with Crippen LogP contribution in [-0.4, -0.2) is 54.2 Å². The summed E-state index contributed by atoms with van der Waals surface area (Å²) in [5.41, 5.74) is 2.97. The molecule has 0 saturated heterocycles. The van der Waals surface area contributed by atoms with Crippen molar-refractivity contribution in [3.8, 4) is 0 Å². The molecule has 2 fully saturated rings. The number of H-pyrrole nitrogens is 1. The Hall–Kier alpha value is -3.32. The molecule has 4 unspecified atom stereocenters. The van der Waals surface area contributed by atoms with E-state index in [4.69, 9.17) is 0 Å². The van der Waals surface area contributed by atoms with Gasteiger partial charge in [0.1, 0.15) is 0 Å². The summed E-state index contributed by atoms with van der Waals surface area (Å²) in [4.78, 5) is 31.9. The van der Waals surface area contributed by atoms with E-state index in [1.807, 2.05) is 68.5 Å². The molecule has 1 aromatic heterocycles. The van der Waals surface area contributed by atoms with Crippen molar-refractivity contribution >= 4 is 28.4 Å². The van der Waals surface area contributed by atoms with Gasteiger partial charge < -0.3 is 25.6 Å². The van der Waals surface area contributed by atoms with E-state index >= 15 is 0 Å². The lowest BCUT2D eigenvalue weighted by atomic mass is 9.57. The number of carbonyl (C=O) groups is 2. The first-order valence-corrected chi connectivity index (χ1v) is 15.0. The lowest BCUT2D eigenvalue weighted by molar-refractivity contribution is -0.123. The lowest BCUT2D eigenvalue weighted by Gasteiger charge is -2.50. The van der Waals surface area contributed by atoms with Crippen molar-refractivity contribution in [2.45, 2.75) is 77.4 Å². The average Bonchev–Trinajstić information content (AvgIpc) is 3.43. The molecule has 220 valence electrons. The number of amides is 2. The minimum atomic E-state index is -0.728. The predicted molar refractivity (Wildman–Crippen MR) is 165 cm³/mol. The van der Waals surface area contributed by atoms with Gasteiger partial charge in [0.25, 0.3) is 5.91 Å². The second-order valence-corrected chi connectivity index (χ2v) is 13.6. The van der Waals surface area contributed by atoms with Crippen molar-refractivity contribution in [1.82, 2.24) is 15.6 Å². The highest BCUT2D eigenvalue weighted by Crippen LogP contribution is 2.63. The average molecular weight is 559 g/mol. The largest absolute Gasteiger partial charge is 0.390 e. The first kappa shape index (κ1) is 29.2. The van der Waals surface area contributed by atoms with E-state index in [9.17, 15) is 14.7 Å². The fraction of sp³-hybridized carbons (Fsp3) is 0.529. The van der Waals surface area contributed by atoms with Gasteiger partial charge in [-0.3, -0.25) is 9.59 Å². The van der Waals surface area contributed by atoms with Crippen LogP contribution in [0.4, 0.5) is 5.69 Å². The number of aromatic nitrogens is 1. The molecule has 2 aliphatic rings. The van der Waals surface area contributed by atoms with Crippen LogP contribution in [-0.2, 0) is 11.2 Å². The molecule has 1 heterocycles. The minimum Gasteiger partial charge on any atom is -0.390 e. The molecule has 0 bridgehead atoms. The van der Waals surface area contributed by atoms with E-state index in [1.54, 1.807) is 0 Å². The maximum absolute atomic E-state index is 13.5. The molecule has 5 rings (SSSR count). The molecule has 4 atom stereocenters. The number of hydrogen-bond acceptors (Lipinski definition) is 4. The Morgan fingerprint density at radius 3 is 2.49 bits per heavy atom. The number of benzene rings is 2. The molecule has 0 aliphatic heterocycles. The summed E-state index contributed by atoms with van der Waals surface area (Å²) < 4.78 is 0. The number of para-hydroxylation sites is 1. The molecule has 3 aromatic rings. The second-order valence-electron chi connectivity index (χ2n) is 13.6. The Balaban J connectivity index is 1.28. The Kier molecular flexibility index (Phi) is 7.94. The number of aliphatic hydroxyl groups is 1. The quantitative estimate of drug-likeness (QED) is 0.281. The third kappa shape index (κ3) is 6.01. The maximum Gasteiger partial charge on any atom is 0.251 e. The summed E-state index contributed by atoms with van der Waals surface area (Å²) in [6.07, 6.45) is 6.88. The summed E-state index contributed by atoms with van der Waals surface area (Å²) in [6.45, 7) is 7.03. The number of aromatic amines is 1. The minimum absolute atomic E-state index is 0.0457. The standard InChI is InChI=1S/C34H46N4O3/c1-32(2)21-29(37-31(40)23-10-12-25(13-11-23)38(4)5)34(18-17-33(3,41)20-28(32)34)16-14-30(39)35-19-15-24-22-36-27-9-7-6-8-26(24)27/h6-13,22,28-29,36,41H,14-21H2,1-5H3,(H,35,39)(H,37,40). The third-order valence-corrected chi connectivity index (χ3v) is 9.99. The molecule has 7 heteroatoms. The first-order valence-electron chi connectivity index (χ1n) is 15.0. The molecule has 2 aliphatic carbocycles.